The van der Waals surface area contributed by atoms with Gasteiger partial charge in [-0.2, -0.15) is 0 Å². The molecule has 3 aromatic rings. The lowest BCUT2D eigenvalue weighted by molar-refractivity contribution is -0.137. The zero-order chi connectivity index (χ0) is 23.1. The second kappa shape index (κ2) is 10.6. The summed E-state index contributed by atoms with van der Waals surface area (Å²) in [6.07, 6.45) is 1.10. The van der Waals surface area contributed by atoms with E-state index in [-0.39, 0.29) is 28.7 Å². The Kier molecular flexibility index (Phi) is 7.83. The molecule has 0 aliphatic carbocycles. The minimum absolute atomic E-state index is 0.0741. The molecule has 1 heterocycles. The van der Waals surface area contributed by atoms with Gasteiger partial charge in [0.15, 0.2) is 4.34 Å². The average Bonchev–Trinajstić information content (AvgIpc) is 3.23. The van der Waals surface area contributed by atoms with E-state index in [2.05, 4.69) is 20.3 Å². The molecule has 1 aromatic heterocycles. The Balaban J connectivity index is 1.82. The SMILES string of the molecule is COC(=O)CSc1nnc(NC(=O)c2ccccc2N(Cc2ccccc2)S(C)(=O)=O)s1. The number of nitrogens with zero attached hydrogens (tertiary/aromatic N) is 3. The maximum atomic E-state index is 13.0. The lowest BCUT2D eigenvalue weighted by atomic mass is 10.1. The molecule has 0 unspecified atom stereocenters. The molecule has 32 heavy (non-hydrogen) atoms. The molecule has 0 aliphatic heterocycles. The zero-order valence-corrected chi connectivity index (χ0v) is 19.7. The fourth-order valence-electron chi connectivity index (χ4n) is 2.68. The number of benzene rings is 2. The Morgan fingerprint density at radius 1 is 1.09 bits per heavy atom. The van der Waals surface area contributed by atoms with Gasteiger partial charge in [0.1, 0.15) is 0 Å². The van der Waals surface area contributed by atoms with Crippen molar-refractivity contribution in [3.05, 3.63) is 65.7 Å². The first kappa shape index (κ1) is 23.7. The minimum atomic E-state index is -3.68. The maximum Gasteiger partial charge on any atom is 0.316 e. The van der Waals surface area contributed by atoms with Gasteiger partial charge in [-0.05, 0) is 17.7 Å². The molecule has 0 spiro atoms. The molecule has 0 saturated heterocycles. The van der Waals surface area contributed by atoms with Gasteiger partial charge in [0, 0.05) is 0 Å². The first-order valence-corrected chi connectivity index (χ1v) is 12.9. The summed E-state index contributed by atoms with van der Waals surface area (Å²) >= 11 is 2.24. The predicted octanol–water partition coefficient (Wildman–Crippen LogP) is 3.02. The molecular formula is C20H20N4O5S3. The van der Waals surface area contributed by atoms with Crippen LogP contribution in [0.4, 0.5) is 10.8 Å². The van der Waals surface area contributed by atoms with Crippen LogP contribution in [0.25, 0.3) is 0 Å². The van der Waals surface area contributed by atoms with Crippen molar-refractivity contribution in [1.29, 1.82) is 0 Å². The third kappa shape index (κ3) is 6.28. The number of esters is 1. The van der Waals surface area contributed by atoms with Crippen LogP contribution in [-0.4, -0.2) is 49.6 Å². The monoisotopic (exact) mass is 492 g/mol. The van der Waals surface area contributed by atoms with Crippen molar-refractivity contribution in [2.24, 2.45) is 0 Å². The summed E-state index contributed by atoms with van der Waals surface area (Å²) in [6, 6.07) is 15.6. The maximum absolute atomic E-state index is 13.0. The molecule has 0 aliphatic rings. The second-order valence-electron chi connectivity index (χ2n) is 6.46. The van der Waals surface area contributed by atoms with Crippen LogP contribution in [0, 0.1) is 0 Å². The summed E-state index contributed by atoms with van der Waals surface area (Å²) in [5.41, 5.74) is 1.21. The fourth-order valence-corrected chi connectivity index (χ4v) is 5.16. The van der Waals surface area contributed by atoms with Crippen LogP contribution in [0.3, 0.4) is 0 Å². The van der Waals surface area contributed by atoms with E-state index < -0.39 is 21.9 Å². The van der Waals surface area contributed by atoms with E-state index in [0.29, 0.717) is 4.34 Å². The van der Waals surface area contributed by atoms with E-state index in [0.717, 1.165) is 34.9 Å². The highest BCUT2D eigenvalue weighted by Crippen LogP contribution is 2.28. The number of ether oxygens (including phenoxy) is 1. The number of carbonyl (C=O) groups is 2. The average molecular weight is 493 g/mol. The van der Waals surface area contributed by atoms with Crippen molar-refractivity contribution < 1.29 is 22.7 Å². The van der Waals surface area contributed by atoms with Crippen molar-refractivity contribution in [3.8, 4) is 0 Å². The second-order valence-corrected chi connectivity index (χ2v) is 10.6. The van der Waals surface area contributed by atoms with Crippen molar-refractivity contribution in [2.75, 3.05) is 28.7 Å². The Hall–Kier alpha value is -2.96. The lowest BCUT2D eigenvalue weighted by Crippen LogP contribution is -2.31. The normalized spacial score (nSPS) is 11.1. The molecule has 2 aromatic carbocycles. The topological polar surface area (TPSA) is 119 Å². The van der Waals surface area contributed by atoms with E-state index in [1.54, 1.807) is 24.3 Å². The Labute approximate surface area is 193 Å². The standard InChI is InChI=1S/C20H20N4O5S3/c1-29-17(25)13-30-20-23-22-19(31-20)21-18(26)15-10-6-7-11-16(15)24(32(2,27)28)12-14-8-4-3-5-9-14/h3-11H,12-13H2,1-2H3,(H,21,22,26). The summed E-state index contributed by atoms with van der Waals surface area (Å²) in [4.78, 5) is 24.2. The van der Waals surface area contributed by atoms with Gasteiger partial charge in [0.2, 0.25) is 15.2 Å². The molecular weight excluding hydrogens is 472 g/mol. The van der Waals surface area contributed by atoms with Crippen LogP contribution in [-0.2, 0) is 26.1 Å². The molecule has 0 fully saturated rings. The van der Waals surface area contributed by atoms with E-state index in [9.17, 15) is 18.0 Å². The van der Waals surface area contributed by atoms with E-state index in [4.69, 9.17) is 0 Å². The summed E-state index contributed by atoms with van der Waals surface area (Å²) < 4.78 is 31.4. The van der Waals surface area contributed by atoms with Crippen LogP contribution >= 0.6 is 23.1 Å². The van der Waals surface area contributed by atoms with Crippen molar-refractivity contribution >= 4 is 55.8 Å². The largest absolute Gasteiger partial charge is 0.468 e. The number of thioether (sulfide) groups is 1. The highest BCUT2D eigenvalue weighted by molar-refractivity contribution is 8.01. The highest BCUT2D eigenvalue weighted by atomic mass is 32.2. The molecule has 3 rings (SSSR count). The van der Waals surface area contributed by atoms with Crippen molar-refractivity contribution in [2.45, 2.75) is 10.9 Å². The number of carbonyl (C=O) groups excluding carboxylic acids is 2. The summed E-state index contributed by atoms with van der Waals surface area (Å²) in [7, 11) is -2.38. The van der Waals surface area contributed by atoms with Gasteiger partial charge in [-0.25, -0.2) is 8.42 Å². The third-order valence-electron chi connectivity index (χ3n) is 4.15. The van der Waals surface area contributed by atoms with Crippen LogP contribution in [0.2, 0.25) is 0 Å². The number of hydrogen-bond acceptors (Lipinski definition) is 9. The van der Waals surface area contributed by atoms with Crippen LogP contribution < -0.4 is 9.62 Å². The Bertz CT molecular complexity index is 1200. The number of nitrogens with one attached hydrogen (secondary N) is 1. The Morgan fingerprint density at radius 2 is 1.78 bits per heavy atom. The van der Waals surface area contributed by atoms with E-state index >= 15 is 0 Å². The van der Waals surface area contributed by atoms with E-state index in [1.165, 1.54) is 11.4 Å². The number of amides is 1. The first-order valence-electron chi connectivity index (χ1n) is 9.23. The molecule has 168 valence electrons. The number of rotatable bonds is 9. The summed E-state index contributed by atoms with van der Waals surface area (Å²) in [5.74, 6) is -0.850. The van der Waals surface area contributed by atoms with Gasteiger partial charge < -0.3 is 4.74 Å². The molecule has 1 N–H and O–H groups in total. The molecule has 12 heteroatoms. The van der Waals surface area contributed by atoms with Gasteiger partial charge in [-0.3, -0.25) is 19.2 Å². The molecule has 0 bridgehead atoms. The molecule has 0 saturated carbocycles. The van der Waals surface area contributed by atoms with Crippen molar-refractivity contribution in [3.63, 3.8) is 0 Å². The number of hydrogen-bond donors (Lipinski definition) is 1. The quantitative estimate of drug-likeness (QED) is 0.275. The minimum Gasteiger partial charge on any atom is -0.468 e. The molecule has 0 radical (unpaired) electrons. The van der Waals surface area contributed by atoms with E-state index in [1.807, 2.05) is 30.3 Å². The van der Waals surface area contributed by atoms with Crippen LogP contribution in [0.15, 0.2) is 58.9 Å². The summed E-state index contributed by atoms with van der Waals surface area (Å²) in [6.45, 7) is 0.0804. The predicted molar refractivity (Wildman–Crippen MR) is 125 cm³/mol. The molecule has 1 amide bonds. The van der Waals surface area contributed by atoms with Gasteiger partial charge in [-0.1, -0.05) is 65.6 Å². The van der Waals surface area contributed by atoms with Gasteiger partial charge in [0.25, 0.3) is 5.91 Å². The number of sulfonamides is 1. The molecule has 9 nitrogen and oxygen atoms in total. The lowest BCUT2D eigenvalue weighted by Gasteiger charge is -2.24. The van der Waals surface area contributed by atoms with Gasteiger partial charge in [-0.15, -0.1) is 10.2 Å². The number of anilines is 2. The number of methoxy groups -OCH3 is 1. The fraction of sp³-hybridized carbons (Fsp3) is 0.200. The van der Waals surface area contributed by atoms with Crippen molar-refractivity contribution in [1.82, 2.24) is 10.2 Å². The highest BCUT2D eigenvalue weighted by Gasteiger charge is 2.24. The van der Waals surface area contributed by atoms with Gasteiger partial charge in [0.05, 0.1) is 36.9 Å². The Morgan fingerprint density at radius 3 is 2.47 bits per heavy atom. The molecule has 0 atom stereocenters. The van der Waals surface area contributed by atoms with Gasteiger partial charge >= 0.3 is 5.97 Å². The smallest absolute Gasteiger partial charge is 0.316 e. The number of para-hydroxylation sites is 1. The number of aromatic nitrogens is 2. The van der Waals surface area contributed by atoms with Crippen LogP contribution in [0.5, 0.6) is 0 Å². The third-order valence-corrected chi connectivity index (χ3v) is 7.23. The summed E-state index contributed by atoms with van der Waals surface area (Å²) in [5, 5.41) is 10.7. The zero-order valence-electron chi connectivity index (χ0n) is 17.2. The first-order chi connectivity index (χ1) is 15.3. The van der Waals surface area contributed by atoms with Crippen LogP contribution in [0.1, 0.15) is 15.9 Å².